The average Bonchev–Trinajstić information content (AvgIpc) is 2.45. The Labute approximate surface area is 119 Å². The first-order valence-corrected chi connectivity index (χ1v) is 6.60. The Morgan fingerprint density at radius 1 is 1.11 bits per heavy atom. The number of nitrogens with two attached hydrogens (primary N) is 1. The van der Waals surface area contributed by atoms with Gasteiger partial charge >= 0.3 is 0 Å². The third-order valence-electron chi connectivity index (χ3n) is 3.05. The number of hydrogen-bond acceptors (Lipinski definition) is 2. The van der Waals surface area contributed by atoms with Crippen LogP contribution in [0.1, 0.15) is 11.1 Å². The molecule has 2 N–H and O–H groups in total. The van der Waals surface area contributed by atoms with Crippen molar-refractivity contribution in [1.29, 1.82) is 0 Å². The highest BCUT2D eigenvalue weighted by atomic mass is 32.1. The molecule has 0 aliphatic rings. The molecule has 2 rings (SSSR count). The van der Waals surface area contributed by atoms with E-state index < -0.39 is 0 Å². The van der Waals surface area contributed by atoms with Crippen LogP contribution in [0.3, 0.4) is 0 Å². The molecule has 0 fully saturated rings. The monoisotopic (exact) mass is 271 g/mol. The zero-order valence-corrected chi connectivity index (χ0v) is 11.7. The van der Waals surface area contributed by atoms with E-state index >= 15 is 0 Å². The first kappa shape index (κ1) is 13.7. The molecule has 0 saturated carbocycles. The average molecular weight is 271 g/mol. The fourth-order valence-electron chi connectivity index (χ4n) is 2.02. The predicted molar refractivity (Wildman–Crippen MR) is 83.3 cm³/mol. The summed E-state index contributed by atoms with van der Waals surface area (Å²) in [5, 5.41) is 0. The molecule has 0 unspecified atom stereocenters. The number of rotatable bonds is 5. The Morgan fingerprint density at radius 2 is 1.79 bits per heavy atom. The summed E-state index contributed by atoms with van der Waals surface area (Å²) in [5.41, 5.74) is 10.1. The van der Waals surface area contributed by atoms with Crippen molar-refractivity contribution in [3.63, 3.8) is 0 Å². The van der Waals surface area contributed by atoms with Gasteiger partial charge in [0, 0.05) is 12.7 Å². The van der Waals surface area contributed by atoms with E-state index in [4.69, 9.17) is 22.7 Å². The Balaban J connectivity index is 2.30. The summed E-state index contributed by atoms with van der Waals surface area (Å²) < 4.78 is 5.08. The lowest BCUT2D eigenvalue weighted by Gasteiger charge is -2.09. The maximum absolute atomic E-state index is 5.76. The number of methoxy groups -OCH3 is 1. The highest BCUT2D eigenvalue weighted by molar-refractivity contribution is 7.80. The van der Waals surface area contributed by atoms with E-state index in [1.165, 1.54) is 5.56 Å². The molecule has 0 atom stereocenters. The van der Waals surface area contributed by atoms with Gasteiger partial charge in [-0.3, -0.25) is 0 Å². The highest BCUT2D eigenvalue weighted by Crippen LogP contribution is 2.24. The van der Waals surface area contributed by atoms with Crippen LogP contribution in [-0.2, 0) is 11.2 Å². The molecule has 98 valence electrons. The molecule has 2 aromatic rings. The van der Waals surface area contributed by atoms with E-state index in [1.54, 1.807) is 7.11 Å². The molecule has 0 amide bonds. The van der Waals surface area contributed by atoms with Crippen molar-refractivity contribution in [2.75, 3.05) is 13.7 Å². The molecule has 0 aliphatic heterocycles. The fraction of sp³-hybridized carbons (Fsp3) is 0.188. The van der Waals surface area contributed by atoms with Gasteiger partial charge in [-0.15, -0.1) is 0 Å². The molecule has 0 bridgehead atoms. The Bertz CT molecular complexity index is 563. The molecule has 2 aromatic carbocycles. The Morgan fingerprint density at radius 3 is 2.42 bits per heavy atom. The second-order valence-corrected chi connectivity index (χ2v) is 4.79. The third-order valence-corrected chi connectivity index (χ3v) is 3.27. The zero-order valence-electron chi connectivity index (χ0n) is 10.9. The molecule has 0 aromatic heterocycles. The normalized spacial score (nSPS) is 10.4. The third kappa shape index (κ3) is 3.40. The topological polar surface area (TPSA) is 35.2 Å². The SMILES string of the molecule is COCCc1ccc(-c2ccccc2C(N)=S)cc1. The second-order valence-electron chi connectivity index (χ2n) is 4.35. The number of ether oxygens (including phenoxy) is 1. The molecule has 19 heavy (non-hydrogen) atoms. The van der Waals surface area contributed by atoms with Crippen LogP contribution in [0, 0.1) is 0 Å². The first-order chi connectivity index (χ1) is 9.22. The second kappa shape index (κ2) is 6.45. The smallest absolute Gasteiger partial charge is 0.104 e. The zero-order chi connectivity index (χ0) is 13.7. The van der Waals surface area contributed by atoms with Gasteiger partial charge in [-0.1, -0.05) is 60.7 Å². The predicted octanol–water partition coefficient (Wildman–Crippen LogP) is 3.18. The Kier molecular flexibility index (Phi) is 4.66. The van der Waals surface area contributed by atoms with Crippen molar-refractivity contribution >= 4 is 17.2 Å². The van der Waals surface area contributed by atoms with Gasteiger partial charge in [0.2, 0.25) is 0 Å². The van der Waals surface area contributed by atoms with Gasteiger partial charge in [0.1, 0.15) is 4.99 Å². The summed E-state index contributed by atoms with van der Waals surface area (Å²) in [7, 11) is 1.72. The van der Waals surface area contributed by atoms with E-state index in [1.807, 2.05) is 24.3 Å². The van der Waals surface area contributed by atoms with Crippen molar-refractivity contribution in [3.05, 3.63) is 59.7 Å². The van der Waals surface area contributed by atoms with Crippen molar-refractivity contribution in [2.24, 2.45) is 5.73 Å². The summed E-state index contributed by atoms with van der Waals surface area (Å²) in [6, 6.07) is 16.4. The van der Waals surface area contributed by atoms with Crippen molar-refractivity contribution in [1.82, 2.24) is 0 Å². The van der Waals surface area contributed by atoms with Gasteiger partial charge in [0.05, 0.1) is 6.61 Å². The van der Waals surface area contributed by atoms with Gasteiger partial charge in [-0.2, -0.15) is 0 Å². The maximum atomic E-state index is 5.76. The van der Waals surface area contributed by atoms with Gasteiger partial charge in [-0.25, -0.2) is 0 Å². The Hall–Kier alpha value is -1.71. The standard InChI is InChI=1S/C16H17NOS/c1-18-11-10-12-6-8-13(9-7-12)14-4-2-3-5-15(14)16(17)19/h2-9H,10-11H2,1H3,(H2,17,19). The minimum absolute atomic E-state index is 0.430. The van der Waals surface area contributed by atoms with E-state index in [-0.39, 0.29) is 0 Å². The molecule has 0 radical (unpaired) electrons. The lowest BCUT2D eigenvalue weighted by Crippen LogP contribution is -2.10. The molecule has 2 nitrogen and oxygen atoms in total. The highest BCUT2D eigenvalue weighted by Gasteiger charge is 2.06. The first-order valence-electron chi connectivity index (χ1n) is 6.19. The van der Waals surface area contributed by atoms with Gasteiger partial charge in [0.25, 0.3) is 0 Å². The van der Waals surface area contributed by atoms with E-state index in [0.29, 0.717) is 4.99 Å². The molecule has 0 saturated heterocycles. The van der Waals surface area contributed by atoms with Crippen molar-refractivity contribution in [3.8, 4) is 11.1 Å². The number of benzene rings is 2. The van der Waals surface area contributed by atoms with Gasteiger partial charge in [-0.05, 0) is 23.1 Å². The van der Waals surface area contributed by atoms with Crippen LogP contribution in [0.2, 0.25) is 0 Å². The van der Waals surface area contributed by atoms with Crippen LogP contribution >= 0.6 is 12.2 Å². The van der Waals surface area contributed by atoms with Crippen molar-refractivity contribution in [2.45, 2.75) is 6.42 Å². The number of thiocarbonyl (C=S) groups is 1. The largest absolute Gasteiger partial charge is 0.389 e. The fourth-order valence-corrected chi connectivity index (χ4v) is 2.20. The molecule has 3 heteroatoms. The molecule has 0 spiro atoms. The summed E-state index contributed by atoms with van der Waals surface area (Å²) in [5.74, 6) is 0. The number of hydrogen-bond donors (Lipinski definition) is 1. The van der Waals surface area contributed by atoms with Crippen LogP contribution in [0.5, 0.6) is 0 Å². The lowest BCUT2D eigenvalue weighted by molar-refractivity contribution is 0.202. The van der Waals surface area contributed by atoms with Crippen molar-refractivity contribution < 1.29 is 4.74 Å². The van der Waals surface area contributed by atoms with E-state index in [0.717, 1.165) is 29.7 Å². The van der Waals surface area contributed by atoms with E-state index in [2.05, 4.69) is 24.3 Å². The summed E-state index contributed by atoms with van der Waals surface area (Å²) in [6.07, 6.45) is 0.924. The van der Waals surface area contributed by atoms with Crippen LogP contribution < -0.4 is 5.73 Å². The quantitative estimate of drug-likeness (QED) is 0.848. The van der Waals surface area contributed by atoms with Crippen LogP contribution in [0.25, 0.3) is 11.1 Å². The summed E-state index contributed by atoms with van der Waals surface area (Å²) >= 11 is 5.09. The summed E-state index contributed by atoms with van der Waals surface area (Å²) in [6.45, 7) is 0.739. The minimum atomic E-state index is 0.430. The molecule has 0 heterocycles. The maximum Gasteiger partial charge on any atom is 0.104 e. The molecular weight excluding hydrogens is 254 g/mol. The summed E-state index contributed by atoms with van der Waals surface area (Å²) in [4.78, 5) is 0.430. The molecular formula is C16H17NOS. The minimum Gasteiger partial charge on any atom is -0.389 e. The van der Waals surface area contributed by atoms with Crippen LogP contribution in [0.15, 0.2) is 48.5 Å². The van der Waals surface area contributed by atoms with E-state index in [9.17, 15) is 0 Å². The lowest BCUT2D eigenvalue weighted by atomic mass is 9.98. The molecule has 0 aliphatic carbocycles. The van der Waals surface area contributed by atoms with Crippen LogP contribution in [-0.4, -0.2) is 18.7 Å². The van der Waals surface area contributed by atoms with Gasteiger partial charge < -0.3 is 10.5 Å². The van der Waals surface area contributed by atoms with Crippen LogP contribution in [0.4, 0.5) is 0 Å². The van der Waals surface area contributed by atoms with Gasteiger partial charge in [0.15, 0.2) is 0 Å².